The van der Waals surface area contributed by atoms with Crippen LogP contribution in [0.1, 0.15) is 19.5 Å². The number of nitrogens with zero attached hydrogens (tertiary/aromatic N) is 4. The first kappa shape index (κ1) is 12.0. The highest BCUT2D eigenvalue weighted by atomic mass is 79.9. The van der Waals surface area contributed by atoms with Crippen molar-refractivity contribution in [2.75, 3.05) is 5.73 Å². The zero-order chi connectivity index (χ0) is 12.4. The molecule has 5 nitrogen and oxygen atoms in total. The normalized spacial score (nSPS) is 10.8. The SMILES string of the molecule is CCc1nc(-c2ccnn2CC)nc(N)c1Br. The Bertz CT molecular complexity index is 535. The Labute approximate surface area is 108 Å². The first-order valence-electron chi connectivity index (χ1n) is 5.51. The minimum absolute atomic E-state index is 0.468. The fraction of sp³-hybridized carbons (Fsp3) is 0.364. The summed E-state index contributed by atoms with van der Waals surface area (Å²) in [6, 6.07) is 1.89. The van der Waals surface area contributed by atoms with E-state index in [1.807, 2.05) is 24.6 Å². The van der Waals surface area contributed by atoms with Crippen molar-refractivity contribution in [1.29, 1.82) is 0 Å². The molecule has 0 atom stereocenters. The summed E-state index contributed by atoms with van der Waals surface area (Å²) in [5, 5.41) is 4.20. The van der Waals surface area contributed by atoms with Gasteiger partial charge in [-0.15, -0.1) is 0 Å². The molecule has 2 rings (SSSR count). The van der Waals surface area contributed by atoms with Gasteiger partial charge in [0.2, 0.25) is 0 Å². The number of aromatic nitrogens is 4. The van der Waals surface area contributed by atoms with Gasteiger partial charge in [0.05, 0.1) is 10.2 Å². The van der Waals surface area contributed by atoms with Crippen LogP contribution in [0.25, 0.3) is 11.5 Å². The van der Waals surface area contributed by atoms with Crippen LogP contribution < -0.4 is 5.73 Å². The van der Waals surface area contributed by atoms with E-state index >= 15 is 0 Å². The number of nitrogen functional groups attached to an aromatic ring is 1. The van der Waals surface area contributed by atoms with Gasteiger partial charge in [-0.2, -0.15) is 5.10 Å². The molecule has 0 fully saturated rings. The largest absolute Gasteiger partial charge is 0.383 e. The first-order chi connectivity index (χ1) is 8.17. The zero-order valence-corrected chi connectivity index (χ0v) is 11.4. The number of rotatable bonds is 3. The highest BCUT2D eigenvalue weighted by molar-refractivity contribution is 9.10. The minimum Gasteiger partial charge on any atom is -0.383 e. The molecular formula is C11H14BrN5. The van der Waals surface area contributed by atoms with Gasteiger partial charge in [0.1, 0.15) is 11.5 Å². The van der Waals surface area contributed by atoms with E-state index in [0.717, 1.165) is 28.8 Å². The standard InChI is InChI=1S/C11H14BrN5/c1-3-7-9(12)10(13)16-11(15-7)8-5-6-14-17(8)4-2/h5-6H,3-4H2,1-2H3,(H2,13,15,16). The summed E-state index contributed by atoms with van der Waals surface area (Å²) in [4.78, 5) is 8.80. The highest BCUT2D eigenvalue weighted by Gasteiger charge is 2.12. The van der Waals surface area contributed by atoms with Crippen LogP contribution in [0.5, 0.6) is 0 Å². The topological polar surface area (TPSA) is 69.6 Å². The third-order valence-corrected chi connectivity index (χ3v) is 3.39. The molecular weight excluding hydrogens is 282 g/mol. The molecule has 0 amide bonds. The van der Waals surface area contributed by atoms with Crippen LogP contribution in [-0.2, 0) is 13.0 Å². The van der Waals surface area contributed by atoms with Gasteiger partial charge in [0.25, 0.3) is 0 Å². The van der Waals surface area contributed by atoms with E-state index in [9.17, 15) is 0 Å². The number of hydrogen-bond acceptors (Lipinski definition) is 4. The molecule has 6 heteroatoms. The van der Waals surface area contributed by atoms with Gasteiger partial charge in [-0.25, -0.2) is 9.97 Å². The number of nitrogens with two attached hydrogens (primary N) is 1. The van der Waals surface area contributed by atoms with Crippen LogP contribution in [-0.4, -0.2) is 19.7 Å². The number of hydrogen-bond donors (Lipinski definition) is 1. The van der Waals surface area contributed by atoms with Crippen LogP contribution >= 0.6 is 15.9 Å². The second-order valence-electron chi connectivity index (χ2n) is 3.58. The molecule has 0 saturated carbocycles. The summed E-state index contributed by atoms with van der Waals surface area (Å²) < 4.78 is 2.63. The van der Waals surface area contributed by atoms with Crippen molar-refractivity contribution >= 4 is 21.7 Å². The Kier molecular flexibility index (Phi) is 3.42. The molecule has 17 heavy (non-hydrogen) atoms. The lowest BCUT2D eigenvalue weighted by molar-refractivity contribution is 0.663. The Morgan fingerprint density at radius 3 is 2.76 bits per heavy atom. The smallest absolute Gasteiger partial charge is 0.180 e. The third-order valence-electron chi connectivity index (χ3n) is 2.53. The van der Waals surface area contributed by atoms with E-state index in [4.69, 9.17) is 5.73 Å². The molecule has 0 unspecified atom stereocenters. The van der Waals surface area contributed by atoms with Gasteiger partial charge in [-0.05, 0) is 35.3 Å². The van der Waals surface area contributed by atoms with Crippen molar-refractivity contribution in [3.8, 4) is 11.5 Å². The van der Waals surface area contributed by atoms with Gasteiger partial charge in [0.15, 0.2) is 5.82 Å². The molecule has 0 aliphatic rings. The van der Waals surface area contributed by atoms with E-state index in [0.29, 0.717) is 11.6 Å². The van der Waals surface area contributed by atoms with Crippen LogP contribution in [0.4, 0.5) is 5.82 Å². The fourth-order valence-corrected chi connectivity index (χ4v) is 2.09. The van der Waals surface area contributed by atoms with Gasteiger partial charge in [0, 0.05) is 12.7 Å². The molecule has 2 N–H and O–H groups in total. The van der Waals surface area contributed by atoms with Crippen molar-refractivity contribution in [3.63, 3.8) is 0 Å². The average molecular weight is 296 g/mol. The van der Waals surface area contributed by atoms with E-state index in [1.165, 1.54) is 0 Å². The first-order valence-corrected chi connectivity index (χ1v) is 6.30. The van der Waals surface area contributed by atoms with E-state index in [1.54, 1.807) is 6.20 Å². The molecule has 0 aliphatic heterocycles. The lowest BCUT2D eigenvalue weighted by Gasteiger charge is -2.08. The summed E-state index contributed by atoms with van der Waals surface area (Å²) in [6.07, 6.45) is 2.55. The van der Waals surface area contributed by atoms with Crippen molar-refractivity contribution in [1.82, 2.24) is 19.7 Å². The minimum atomic E-state index is 0.468. The van der Waals surface area contributed by atoms with E-state index < -0.39 is 0 Å². The summed E-state index contributed by atoms with van der Waals surface area (Å²) in [7, 11) is 0. The fourth-order valence-electron chi connectivity index (χ4n) is 1.64. The molecule has 0 radical (unpaired) electrons. The molecule has 2 aromatic heterocycles. The lowest BCUT2D eigenvalue weighted by Crippen LogP contribution is -2.06. The maximum absolute atomic E-state index is 5.87. The predicted molar refractivity (Wildman–Crippen MR) is 70.4 cm³/mol. The van der Waals surface area contributed by atoms with Gasteiger partial charge in [-0.3, -0.25) is 4.68 Å². The summed E-state index contributed by atoms with van der Waals surface area (Å²) in [5.74, 6) is 1.10. The van der Waals surface area contributed by atoms with Crippen LogP contribution in [0, 0.1) is 0 Å². The van der Waals surface area contributed by atoms with Crippen LogP contribution in [0.15, 0.2) is 16.7 Å². The van der Waals surface area contributed by atoms with E-state index in [-0.39, 0.29) is 0 Å². The predicted octanol–water partition coefficient (Wildman–Crippen LogP) is 2.27. The molecule has 2 aromatic rings. The Morgan fingerprint density at radius 2 is 2.12 bits per heavy atom. The Hall–Kier alpha value is -1.43. The zero-order valence-electron chi connectivity index (χ0n) is 9.81. The maximum atomic E-state index is 5.87. The Morgan fingerprint density at radius 1 is 1.35 bits per heavy atom. The molecule has 0 aliphatic carbocycles. The molecule has 90 valence electrons. The number of halogens is 1. The summed E-state index contributed by atoms with van der Waals surface area (Å²) in [6.45, 7) is 4.84. The monoisotopic (exact) mass is 295 g/mol. The van der Waals surface area contributed by atoms with Crippen molar-refractivity contribution in [3.05, 3.63) is 22.4 Å². The second-order valence-corrected chi connectivity index (χ2v) is 4.37. The Balaban J connectivity index is 2.57. The summed E-state index contributed by atoms with van der Waals surface area (Å²) >= 11 is 3.40. The van der Waals surface area contributed by atoms with Gasteiger partial charge in [-0.1, -0.05) is 6.92 Å². The van der Waals surface area contributed by atoms with Crippen LogP contribution in [0.3, 0.4) is 0 Å². The van der Waals surface area contributed by atoms with Crippen molar-refractivity contribution in [2.45, 2.75) is 26.8 Å². The number of anilines is 1. The molecule has 0 bridgehead atoms. The lowest BCUT2D eigenvalue weighted by atomic mass is 10.3. The van der Waals surface area contributed by atoms with Crippen LogP contribution in [0.2, 0.25) is 0 Å². The number of aryl methyl sites for hydroxylation is 2. The van der Waals surface area contributed by atoms with Crippen molar-refractivity contribution < 1.29 is 0 Å². The average Bonchev–Trinajstić information content (AvgIpc) is 2.80. The molecule has 2 heterocycles. The molecule has 0 saturated heterocycles. The quantitative estimate of drug-likeness (QED) is 0.943. The molecule has 0 spiro atoms. The third kappa shape index (κ3) is 2.17. The van der Waals surface area contributed by atoms with Gasteiger partial charge < -0.3 is 5.73 Å². The highest BCUT2D eigenvalue weighted by Crippen LogP contribution is 2.25. The maximum Gasteiger partial charge on any atom is 0.180 e. The summed E-state index contributed by atoms with van der Waals surface area (Å²) in [5.41, 5.74) is 7.67. The van der Waals surface area contributed by atoms with Gasteiger partial charge >= 0.3 is 0 Å². The van der Waals surface area contributed by atoms with E-state index in [2.05, 4.69) is 31.0 Å². The second kappa shape index (κ2) is 4.83. The molecule has 0 aromatic carbocycles. The van der Waals surface area contributed by atoms with Crippen molar-refractivity contribution in [2.24, 2.45) is 0 Å².